The number of rotatable bonds is 3. The predicted molar refractivity (Wildman–Crippen MR) is 60.9 cm³/mol. The fraction of sp³-hybridized carbons (Fsp3) is 0.455. The van der Waals surface area contributed by atoms with Gasteiger partial charge in [-0.1, -0.05) is 6.92 Å². The summed E-state index contributed by atoms with van der Waals surface area (Å²) in [6.07, 6.45) is 3.43. The standard InChI is InChI=1S/C11H14N4O2/c1-7-3-10(16)15(11(7)17)6-8-4-14-9(12-2)5-13-8/h4-5,7H,3,6H2,1-2H3,(H,12,14). The van der Waals surface area contributed by atoms with Crippen LogP contribution in [0.2, 0.25) is 0 Å². The molecule has 6 heteroatoms. The fourth-order valence-electron chi connectivity index (χ4n) is 1.74. The lowest BCUT2D eigenvalue weighted by molar-refractivity contribution is -0.140. The van der Waals surface area contributed by atoms with E-state index in [9.17, 15) is 9.59 Å². The number of nitrogens with zero attached hydrogens (tertiary/aromatic N) is 3. The smallest absolute Gasteiger partial charge is 0.232 e. The molecular weight excluding hydrogens is 220 g/mol. The van der Waals surface area contributed by atoms with Gasteiger partial charge in [0.25, 0.3) is 0 Å². The van der Waals surface area contributed by atoms with Crippen LogP contribution in [-0.4, -0.2) is 33.7 Å². The van der Waals surface area contributed by atoms with E-state index in [2.05, 4.69) is 15.3 Å². The van der Waals surface area contributed by atoms with Crippen LogP contribution >= 0.6 is 0 Å². The summed E-state index contributed by atoms with van der Waals surface area (Å²) in [5.74, 6) is 0.171. The molecule has 1 N–H and O–H groups in total. The van der Waals surface area contributed by atoms with Crippen molar-refractivity contribution in [2.24, 2.45) is 5.92 Å². The molecule has 1 aliphatic rings. The molecule has 17 heavy (non-hydrogen) atoms. The van der Waals surface area contributed by atoms with Crippen LogP contribution in [0.25, 0.3) is 0 Å². The number of imide groups is 1. The van der Waals surface area contributed by atoms with Gasteiger partial charge in [0, 0.05) is 19.4 Å². The molecule has 1 aliphatic heterocycles. The first-order valence-electron chi connectivity index (χ1n) is 5.44. The van der Waals surface area contributed by atoms with Crippen molar-refractivity contribution in [3.63, 3.8) is 0 Å². The zero-order valence-corrected chi connectivity index (χ0v) is 9.80. The third-order valence-electron chi connectivity index (χ3n) is 2.75. The fourth-order valence-corrected chi connectivity index (χ4v) is 1.74. The molecule has 2 rings (SSSR count). The van der Waals surface area contributed by atoms with Gasteiger partial charge in [0.2, 0.25) is 11.8 Å². The second kappa shape index (κ2) is 4.48. The van der Waals surface area contributed by atoms with Gasteiger partial charge in [0.15, 0.2) is 0 Å². The Hall–Kier alpha value is -1.98. The van der Waals surface area contributed by atoms with Crippen LogP contribution < -0.4 is 5.32 Å². The average molecular weight is 234 g/mol. The molecule has 1 saturated heterocycles. The van der Waals surface area contributed by atoms with Gasteiger partial charge in [-0.2, -0.15) is 0 Å². The highest BCUT2D eigenvalue weighted by atomic mass is 16.2. The van der Waals surface area contributed by atoms with Gasteiger partial charge in [-0.05, 0) is 0 Å². The highest BCUT2D eigenvalue weighted by Gasteiger charge is 2.35. The van der Waals surface area contributed by atoms with Crippen molar-refractivity contribution in [1.29, 1.82) is 0 Å². The highest BCUT2D eigenvalue weighted by Crippen LogP contribution is 2.20. The van der Waals surface area contributed by atoms with Gasteiger partial charge in [-0.15, -0.1) is 0 Å². The van der Waals surface area contributed by atoms with E-state index in [4.69, 9.17) is 0 Å². The lowest BCUT2D eigenvalue weighted by atomic mass is 10.1. The van der Waals surface area contributed by atoms with E-state index in [1.807, 2.05) is 0 Å². The number of nitrogens with one attached hydrogen (secondary N) is 1. The Balaban J connectivity index is 2.10. The number of hydrogen-bond donors (Lipinski definition) is 1. The minimum absolute atomic E-state index is 0.130. The molecular formula is C11H14N4O2. The van der Waals surface area contributed by atoms with Gasteiger partial charge in [-0.3, -0.25) is 19.5 Å². The Bertz CT molecular complexity index is 443. The summed E-state index contributed by atoms with van der Waals surface area (Å²) in [7, 11) is 1.75. The lowest BCUT2D eigenvalue weighted by Crippen LogP contribution is -2.30. The molecule has 0 aromatic carbocycles. The van der Waals surface area contributed by atoms with Crippen LogP contribution in [0.4, 0.5) is 5.82 Å². The molecule has 1 atom stereocenters. The molecule has 0 bridgehead atoms. The molecule has 0 radical (unpaired) electrons. The zero-order chi connectivity index (χ0) is 12.4. The number of carbonyl (C=O) groups is 2. The van der Waals surface area contributed by atoms with Crippen molar-refractivity contribution >= 4 is 17.6 Å². The van der Waals surface area contributed by atoms with Gasteiger partial charge < -0.3 is 5.32 Å². The van der Waals surface area contributed by atoms with Crippen LogP contribution in [0.1, 0.15) is 19.0 Å². The number of hydrogen-bond acceptors (Lipinski definition) is 5. The van der Waals surface area contributed by atoms with Crippen LogP contribution in [0, 0.1) is 5.92 Å². The molecule has 1 unspecified atom stereocenters. The van der Waals surface area contributed by atoms with Crippen molar-refractivity contribution in [3.8, 4) is 0 Å². The second-order valence-electron chi connectivity index (χ2n) is 4.07. The van der Waals surface area contributed by atoms with Crippen LogP contribution in [0.5, 0.6) is 0 Å². The summed E-state index contributed by atoms with van der Waals surface area (Å²) in [6.45, 7) is 1.97. The topological polar surface area (TPSA) is 75.2 Å². The third kappa shape index (κ3) is 2.25. The van der Waals surface area contributed by atoms with E-state index in [-0.39, 0.29) is 24.3 Å². The van der Waals surface area contributed by atoms with E-state index in [0.29, 0.717) is 17.9 Å². The highest BCUT2D eigenvalue weighted by molar-refractivity contribution is 6.03. The lowest BCUT2D eigenvalue weighted by Gasteiger charge is -2.13. The summed E-state index contributed by atoms with van der Waals surface area (Å²) in [4.78, 5) is 32.7. The molecule has 2 heterocycles. The maximum atomic E-state index is 11.7. The number of likely N-dealkylation sites (tertiary alicyclic amines) is 1. The van der Waals surface area contributed by atoms with E-state index in [1.54, 1.807) is 26.4 Å². The zero-order valence-electron chi connectivity index (χ0n) is 9.80. The van der Waals surface area contributed by atoms with Crippen molar-refractivity contribution in [3.05, 3.63) is 18.1 Å². The normalized spacial score (nSPS) is 19.9. The molecule has 2 amide bonds. The van der Waals surface area contributed by atoms with Crippen molar-refractivity contribution in [2.75, 3.05) is 12.4 Å². The van der Waals surface area contributed by atoms with Gasteiger partial charge >= 0.3 is 0 Å². The molecule has 0 saturated carbocycles. The quantitative estimate of drug-likeness (QED) is 0.767. The Morgan fingerprint density at radius 1 is 1.41 bits per heavy atom. The van der Waals surface area contributed by atoms with E-state index >= 15 is 0 Å². The summed E-state index contributed by atoms with van der Waals surface area (Å²) in [6, 6.07) is 0. The van der Waals surface area contributed by atoms with E-state index in [1.165, 1.54) is 4.90 Å². The van der Waals surface area contributed by atoms with E-state index < -0.39 is 0 Å². The molecule has 0 spiro atoms. The molecule has 90 valence electrons. The summed E-state index contributed by atoms with van der Waals surface area (Å²) in [5.41, 5.74) is 0.611. The molecule has 0 aliphatic carbocycles. The van der Waals surface area contributed by atoms with Crippen LogP contribution in [-0.2, 0) is 16.1 Å². The number of anilines is 1. The van der Waals surface area contributed by atoms with Crippen molar-refractivity contribution in [2.45, 2.75) is 19.9 Å². The first-order chi connectivity index (χ1) is 8.11. The van der Waals surface area contributed by atoms with Gasteiger partial charge in [-0.25, -0.2) is 4.98 Å². The summed E-state index contributed by atoms with van der Waals surface area (Å²) in [5, 5.41) is 2.85. The predicted octanol–water partition coefficient (Wildman–Crippen LogP) is 0.413. The number of amides is 2. The van der Waals surface area contributed by atoms with Gasteiger partial charge in [0.05, 0.1) is 24.6 Å². The Labute approximate surface area is 99.1 Å². The van der Waals surface area contributed by atoms with Crippen LogP contribution in [0.15, 0.2) is 12.4 Å². The van der Waals surface area contributed by atoms with Crippen molar-refractivity contribution < 1.29 is 9.59 Å². The summed E-state index contributed by atoms with van der Waals surface area (Å²) >= 11 is 0. The maximum Gasteiger partial charge on any atom is 0.232 e. The first kappa shape index (κ1) is 11.5. The molecule has 1 fully saturated rings. The number of carbonyl (C=O) groups excluding carboxylic acids is 2. The summed E-state index contributed by atoms with van der Waals surface area (Å²) < 4.78 is 0. The van der Waals surface area contributed by atoms with Crippen LogP contribution in [0.3, 0.4) is 0 Å². The maximum absolute atomic E-state index is 11.7. The van der Waals surface area contributed by atoms with E-state index in [0.717, 1.165) is 0 Å². The first-order valence-corrected chi connectivity index (χ1v) is 5.44. The van der Waals surface area contributed by atoms with Gasteiger partial charge in [0.1, 0.15) is 5.82 Å². The third-order valence-corrected chi connectivity index (χ3v) is 2.75. The Kier molecular flexibility index (Phi) is 3.03. The molecule has 6 nitrogen and oxygen atoms in total. The average Bonchev–Trinajstić information content (AvgIpc) is 2.57. The number of aromatic nitrogens is 2. The molecule has 1 aromatic rings. The monoisotopic (exact) mass is 234 g/mol. The minimum Gasteiger partial charge on any atom is -0.372 e. The SMILES string of the molecule is CNc1cnc(CN2C(=O)CC(C)C2=O)cn1. The minimum atomic E-state index is -0.216. The second-order valence-corrected chi connectivity index (χ2v) is 4.07. The largest absolute Gasteiger partial charge is 0.372 e. The molecule has 1 aromatic heterocycles. The van der Waals surface area contributed by atoms with Crippen molar-refractivity contribution in [1.82, 2.24) is 14.9 Å². The Morgan fingerprint density at radius 2 is 2.18 bits per heavy atom. The Morgan fingerprint density at radius 3 is 2.65 bits per heavy atom.